The Hall–Kier alpha value is -3.60. The highest BCUT2D eigenvalue weighted by atomic mass is 32.2. The molecule has 240 valence electrons. The van der Waals surface area contributed by atoms with Crippen molar-refractivity contribution in [1.29, 1.82) is 0 Å². The summed E-state index contributed by atoms with van der Waals surface area (Å²) >= 11 is 0. The summed E-state index contributed by atoms with van der Waals surface area (Å²) in [6, 6.07) is 21.6. The van der Waals surface area contributed by atoms with Crippen LogP contribution in [0, 0.1) is 12.8 Å². The Kier molecular flexibility index (Phi) is 13.5. The first-order valence-corrected chi connectivity index (χ1v) is 16.5. The van der Waals surface area contributed by atoms with Crippen LogP contribution in [0.4, 0.5) is 5.69 Å². The maximum Gasteiger partial charge on any atom is 0.243 e. The van der Waals surface area contributed by atoms with Crippen molar-refractivity contribution >= 4 is 21.6 Å². The highest BCUT2D eigenvalue weighted by Crippen LogP contribution is 2.32. The molecule has 3 aromatic carbocycles. The predicted octanol–water partition coefficient (Wildman–Crippen LogP) is 5.01. The molecular weight excluding hydrogens is 578 g/mol. The van der Waals surface area contributed by atoms with Crippen molar-refractivity contribution in [1.82, 2.24) is 9.62 Å². The van der Waals surface area contributed by atoms with E-state index in [9.17, 15) is 18.3 Å². The standard InChI is InChI=1S/C34H47N3O6S/c1-26(2)22-37(44(40,41)31-19-17-27(3)18-20-31)30(25-38)15-9-10-21-35-33(39)24-36(29-13-7-6-8-14-29)23-28-12-11-16-32(42-4)34(28)43-5/h6-8,11-14,16-20,26,30,38H,9-10,15,21-25H2,1-5H3,(H,35,39)/t30-/m0/s1. The van der Waals surface area contributed by atoms with Gasteiger partial charge in [0.05, 0.1) is 32.3 Å². The van der Waals surface area contributed by atoms with Crippen molar-refractivity contribution < 1.29 is 27.8 Å². The lowest BCUT2D eigenvalue weighted by Gasteiger charge is -2.31. The number of amides is 1. The normalized spacial score (nSPS) is 12.3. The molecule has 0 spiro atoms. The lowest BCUT2D eigenvalue weighted by Crippen LogP contribution is -2.44. The molecule has 3 rings (SSSR count). The number of unbranched alkanes of at least 4 members (excludes halogenated alkanes) is 1. The highest BCUT2D eigenvalue weighted by Gasteiger charge is 2.31. The van der Waals surface area contributed by atoms with Crippen molar-refractivity contribution in [3.05, 3.63) is 83.9 Å². The number of aliphatic hydroxyl groups excluding tert-OH is 1. The van der Waals surface area contributed by atoms with Crippen molar-refractivity contribution in [3.8, 4) is 11.5 Å². The Morgan fingerprint density at radius 1 is 0.932 bits per heavy atom. The van der Waals surface area contributed by atoms with Crippen LogP contribution in [-0.2, 0) is 21.4 Å². The SMILES string of the molecule is COc1cccc(CN(CC(=O)NCCCC[C@@H](CO)N(CC(C)C)S(=O)(=O)c2ccc(C)cc2)c2ccccc2)c1OC. The van der Waals surface area contributed by atoms with Gasteiger partial charge in [-0.15, -0.1) is 0 Å². The van der Waals surface area contributed by atoms with Gasteiger partial charge in [-0.3, -0.25) is 4.79 Å². The monoisotopic (exact) mass is 625 g/mol. The molecule has 0 radical (unpaired) electrons. The fraction of sp³-hybridized carbons (Fsp3) is 0.441. The average Bonchev–Trinajstić information content (AvgIpc) is 3.01. The van der Waals surface area contributed by atoms with Crippen molar-refractivity contribution in [2.75, 3.05) is 45.4 Å². The van der Waals surface area contributed by atoms with Gasteiger partial charge in [0.15, 0.2) is 11.5 Å². The van der Waals surface area contributed by atoms with Gasteiger partial charge in [-0.05, 0) is 56.0 Å². The maximum absolute atomic E-state index is 13.5. The second-order valence-electron chi connectivity index (χ2n) is 11.3. The number of methoxy groups -OCH3 is 2. The van der Waals surface area contributed by atoms with Crippen LogP contribution in [-0.4, -0.2) is 70.2 Å². The Bertz CT molecular complexity index is 1410. The molecule has 1 atom stereocenters. The number of hydrogen-bond donors (Lipinski definition) is 2. The van der Waals surface area contributed by atoms with Crippen LogP contribution in [0.1, 0.15) is 44.2 Å². The van der Waals surface area contributed by atoms with E-state index in [2.05, 4.69) is 5.32 Å². The molecule has 0 aromatic heterocycles. The van der Waals surface area contributed by atoms with E-state index in [1.807, 2.05) is 74.2 Å². The number of para-hydroxylation sites is 2. The molecule has 0 unspecified atom stereocenters. The van der Waals surface area contributed by atoms with Crippen molar-refractivity contribution in [3.63, 3.8) is 0 Å². The third-order valence-electron chi connectivity index (χ3n) is 7.38. The molecule has 0 heterocycles. The zero-order valence-electron chi connectivity index (χ0n) is 26.5. The van der Waals surface area contributed by atoms with E-state index in [4.69, 9.17) is 9.47 Å². The van der Waals surface area contributed by atoms with Gasteiger partial charge in [0.25, 0.3) is 0 Å². The van der Waals surface area contributed by atoms with E-state index < -0.39 is 16.1 Å². The molecule has 9 nitrogen and oxygen atoms in total. The maximum atomic E-state index is 13.5. The van der Waals surface area contributed by atoms with Crippen LogP contribution < -0.4 is 19.7 Å². The second kappa shape index (κ2) is 17.0. The molecule has 44 heavy (non-hydrogen) atoms. The van der Waals surface area contributed by atoms with Gasteiger partial charge in [0.1, 0.15) is 0 Å². The predicted molar refractivity (Wildman–Crippen MR) is 175 cm³/mol. The van der Waals surface area contributed by atoms with Gasteiger partial charge in [-0.1, -0.05) is 68.3 Å². The average molecular weight is 626 g/mol. The van der Waals surface area contributed by atoms with Crippen LogP contribution in [0.5, 0.6) is 11.5 Å². The molecule has 0 aliphatic heterocycles. The molecule has 10 heteroatoms. The number of carbonyl (C=O) groups excluding carboxylic acids is 1. The van der Waals surface area contributed by atoms with E-state index in [0.717, 1.165) is 16.8 Å². The number of rotatable bonds is 18. The number of ether oxygens (including phenoxy) is 2. The summed E-state index contributed by atoms with van der Waals surface area (Å²) < 4.78 is 39.5. The fourth-order valence-electron chi connectivity index (χ4n) is 5.10. The van der Waals surface area contributed by atoms with Crippen LogP contribution in [0.3, 0.4) is 0 Å². The summed E-state index contributed by atoms with van der Waals surface area (Å²) in [5, 5.41) is 13.2. The number of aryl methyl sites for hydroxylation is 1. The van der Waals surface area contributed by atoms with Gasteiger partial charge in [0, 0.05) is 36.9 Å². The van der Waals surface area contributed by atoms with Gasteiger partial charge >= 0.3 is 0 Å². The van der Waals surface area contributed by atoms with Crippen LogP contribution in [0.25, 0.3) is 0 Å². The van der Waals surface area contributed by atoms with Gasteiger partial charge in [-0.2, -0.15) is 4.31 Å². The first kappa shape index (κ1) is 34.9. The van der Waals surface area contributed by atoms with E-state index in [1.54, 1.807) is 38.5 Å². The second-order valence-corrected chi connectivity index (χ2v) is 13.2. The van der Waals surface area contributed by atoms with E-state index in [0.29, 0.717) is 50.4 Å². The molecule has 0 saturated heterocycles. The minimum Gasteiger partial charge on any atom is -0.493 e. The summed E-state index contributed by atoms with van der Waals surface area (Å²) in [6.45, 7) is 6.90. The number of aliphatic hydroxyl groups is 1. The minimum absolute atomic E-state index is 0.0908. The minimum atomic E-state index is -3.77. The number of carbonyl (C=O) groups is 1. The van der Waals surface area contributed by atoms with Crippen molar-refractivity contribution in [2.24, 2.45) is 5.92 Å². The molecule has 0 aliphatic rings. The Morgan fingerprint density at radius 3 is 2.25 bits per heavy atom. The zero-order chi connectivity index (χ0) is 32.1. The molecule has 0 bridgehead atoms. The third kappa shape index (κ3) is 9.70. The molecule has 2 N–H and O–H groups in total. The Labute approximate surface area is 262 Å². The molecule has 0 saturated carbocycles. The molecule has 0 aliphatic carbocycles. The third-order valence-corrected chi connectivity index (χ3v) is 9.31. The number of nitrogens with one attached hydrogen (secondary N) is 1. The summed E-state index contributed by atoms with van der Waals surface area (Å²) in [7, 11) is -0.580. The lowest BCUT2D eigenvalue weighted by molar-refractivity contribution is -0.119. The Morgan fingerprint density at radius 2 is 1.64 bits per heavy atom. The van der Waals surface area contributed by atoms with Crippen LogP contribution >= 0.6 is 0 Å². The summed E-state index contributed by atoms with van der Waals surface area (Å²) in [6.07, 6.45) is 1.78. The zero-order valence-corrected chi connectivity index (χ0v) is 27.3. The smallest absolute Gasteiger partial charge is 0.243 e. The first-order valence-electron chi connectivity index (χ1n) is 15.1. The van der Waals surface area contributed by atoms with E-state index >= 15 is 0 Å². The van der Waals surface area contributed by atoms with E-state index in [1.165, 1.54) is 4.31 Å². The van der Waals surface area contributed by atoms with Gasteiger partial charge in [0.2, 0.25) is 15.9 Å². The highest BCUT2D eigenvalue weighted by molar-refractivity contribution is 7.89. The van der Waals surface area contributed by atoms with Crippen molar-refractivity contribution in [2.45, 2.75) is 57.5 Å². The summed E-state index contributed by atoms with van der Waals surface area (Å²) in [5.41, 5.74) is 2.77. The topological polar surface area (TPSA) is 108 Å². The number of benzene rings is 3. The lowest BCUT2D eigenvalue weighted by atomic mass is 10.1. The molecule has 3 aromatic rings. The van der Waals surface area contributed by atoms with Crippen LogP contribution in [0.15, 0.2) is 77.7 Å². The molecular formula is C34H47N3O6S. The van der Waals surface area contributed by atoms with E-state index in [-0.39, 0.29) is 29.9 Å². The van der Waals surface area contributed by atoms with Gasteiger partial charge < -0.3 is 24.8 Å². The number of nitrogens with zero attached hydrogens (tertiary/aromatic N) is 2. The summed E-state index contributed by atoms with van der Waals surface area (Å²) in [5.74, 6) is 1.22. The number of anilines is 1. The van der Waals surface area contributed by atoms with Crippen LogP contribution in [0.2, 0.25) is 0 Å². The number of hydrogen-bond acceptors (Lipinski definition) is 7. The first-order chi connectivity index (χ1) is 21.1. The molecule has 1 amide bonds. The summed E-state index contributed by atoms with van der Waals surface area (Å²) in [4.78, 5) is 15.3. The Balaban J connectivity index is 1.60. The largest absolute Gasteiger partial charge is 0.493 e. The number of sulfonamides is 1. The fourth-order valence-corrected chi connectivity index (χ4v) is 6.91. The van der Waals surface area contributed by atoms with Gasteiger partial charge in [-0.25, -0.2) is 8.42 Å². The molecule has 0 fully saturated rings. The quantitative estimate of drug-likeness (QED) is 0.191.